The van der Waals surface area contributed by atoms with Gasteiger partial charge in [-0.25, -0.2) is 17.9 Å². The monoisotopic (exact) mass is 241 g/mol. The van der Waals surface area contributed by atoms with Crippen molar-refractivity contribution in [2.75, 3.05) is 26.0 Å². The summed E-state index contributed by atoms with van der Waals surface area (Å²) in [6.45, 7) is -0.0453. The molecule has 0 bridgehead atoms. The van der Waals surface area contributed by atoms with Crippen LogP contribution >= 0.6 is 0 Å². The van der Waals surface area contributed by atoms with E-state index in [9.17, 15) is 13.2 Å². The molecule has 0 aromatic carbocycles. The molecule has 0 aromatic rings. The molecule has 0 aromatic heterocycles. The Bertz CT molecular complexity index is 288. The lowest BCUT2D eigenvalue weighted by Crippen LogP contribution is -2.32. The minimum absolute atomic E-state index is 0.0663. The first-order valence-corrected chi connectivity index (χ1v) is 5.91. The fraction of sp³-hybridized carbons (Fsp3) is 0.857. The maximum absolute atomic E-state index is 11.1. The number of rotatable bonds is 8. The molecular formula is C7H15NO6S. The molecule has 0 fully saturated rings. The number of ether oxygens (including phenoxy) is 1. The van der Waals surface area contributed by atoms with Crippen LogP contribution in [0.2, 0.25) is 0 Å². The Morgan fingerprint density at radius 1 is 1.53 bits per heavy atom. The number of aliphatic hydroxyl groups excluding tert-OH is 1. The molecule has 0 aliphatic heterocycles. The van der Waals surface area contributed by atoms with Gasteiger partial charge in [0.15, 0.2) is 6.10 Å². The lowest BCUT2D eigenvalue weighted by molar-refractivity contribution is -0.146. The van der Waals surface area contributed by atoms with Gasteiger partial charge in [-0.15, -0.1) is 0 Å². The number of hydrogen-bond acceptors (Lipinski definition) is 5. The minimum Gasteiger partial charge on any atom is -0.479 e. The third-order valence-electron chi connectivity index (χ3n) is 1.58. The highest BCUT2D eigenvalue weighted by atomic mass is 32.2. The average Bonchev–Trinajstić information content (AvgIpc) is 2.14. The largest absolute Gasteiger partial charge is 0.479 e. The predicted octanol–water partition coefficient (Wildman–Crippen LogP) is -1.61. The molecule has 3 N–H and O–H groups in total. The van der Waals surface area contributed by atoms with Gasteiger partial charge in [-0.3, -0.25) is 0 Å². The van der Waals surface area contributed by atoms with Crippen molar-refractivity contribution in [3.63, 3.8) is 0 Å². The highest BCUT2D eigenvalue weighted by molar-refractivity contribution is 7.89. The van der Waals surface area contributed by atoms with Crippen molar-refractivity contribution in [1.29, 1.82) is 0 Å². The van der Waals surface area contributed by atoms with Crippen LogP contribution in [0.1, 0.15) is 6.42 Å². The van der Waals surface area contributed by atoms with Crippen LogP contribution in [0.3, 0.4) is 0 Å². The van der Waals surface area contributed by atoms with Gasteiger partial charge >= 0.3 is 5.97 Å². The summed E-state index contributed by atoms with van der Waals surface area (Å²) in [4.78, 5) is 10.2. The number of aliphatic carboxylic acids is 1. The molecule has 90 valence electrons. The van der Waals surface area contributed by atoms with Crippen LogP contribution in [0.25, 0.3) is 0 Å². The summed E-state index contributed by atoms with van der Waals surface area (Å²) in [6, 6.07) is 0. The van der Waals surface area contributed by atoms with Gasteiger partial charge in [-0.05, 0) is 6.42 Å². The van der Waals surface area contributed by atoms with Gasteiger partial charge < -0.3 is 14.9 Å². The number of nitrogens with one attached hydrogen (secondary N) is 1. The van der Waals surface area contributed by atoms with Crippen LogP contribution in [-0.2, 0) is 19.6 Å². The van der Waals surface area contributed by atoms with E-state index >= 15 is 0 Å². The van der Waals surface area contributed by atoms with Crippen LogP contribution < -0.4 is 4.72 Å². The molecule has 7 nitrogen and oxygen atoms in total. The quantitative estimate of drug-likeness (QED) is 0.471. The minimum atomic E-state index is -3.44. The second-order valence-electron chi connectivity index (χ2n) is 2.85. The van der Waals surface area contributed by atoms with Crippen LogP contribution in [0, 0.1) is 0 Å². The number of methoxy groups -OCH3 is 1. The fourth-order valence-corrected chi connectivity index (χ4v) is 1.70. The summed E-state index contributed by atoms with van der Waals surface area (Å²) >= 11 is 0. The molecule has 15 heavy (non-hydrogen) atoms. The van der Waals surface area contributed by atoms with E-state index in [4.69, 9.17) is 10.2 Å². The first-order chi connectivity index (χ1) is 6.89. The summed E-state index contributed by atoms with van der Waals surface area (Å²) in [5.74, 6) is -1.56. The second kappa shape index (κ2) is 6.72. The normalized spacial score (nSPS) is 13.7. The average molecular weight is 241 g/mol. The Kier molecular flexibility index (Phi) is 6.41. The van der Waals surface area contributed by atoms with E-state index in [1.807, 2.05) is 0 Å². The molecular weight excluding hydrogens is 226 g/mol. The van der Waals surface area contributed by atoms with Crippen molar-refractivity contribution in [3.05, 3.63) is 0 Å². The van der Waals surface area contributed by atoms with Crippen molar-refractivity contribution >= 4 is 16.0 Å². The number of hydrogen-bond donors (Lipinski definition) is 3. The Morgan fingerprint density at radius 3 is 2.60 bits per heavy atom. The molecule has 0 rings (SSSR count). The highest BCUT2D eigenvalue weighted by Gasteiger charge is 2.15. The SMILES string of the molecule is COCCS(=O)(=O)NCC[C@H](O)C(=O)O. The van der Waals surface area contributed by atoms with Crippen molar-refractivity contribution in [1.82, 2.24) is 4.72 Å². The Labute approximate surface area is 88.1 Å². The number of aliphatic hydroxyl groups is 1. The van der Waals surface area contributed by atoms with Crippen molar-refractivity contribution in [2.45, 2.75) is 12.5 Å². The molecule has 0 saturated heterocycles. The zero-order valence-corrected chi connectivity index (χ0v) is 9.16. The fourth-order valence-electron chi connectivity index (χ4n) is 0.740. The van der Waals surface area contributed by atoms with E-state index in [1.165, 1.54) is 7.11 Å². The highest BCUT2D eigenvalue weighted by Crippen LogP contribution is 1.92. The molecule has 0 unspecified atom stereocenters. The molecule has 0 saturated carbocycles. The number of carbonyl (C=O) groups is 1. The third kappa shape index (κ3) is 7.25. The maximum Gasteiger partial charge on any atom is 0.332 e. The predicted molar refractivity (Wildman–Crippen MR) is 51.9 cm³/mol. The van der Waals surface area contributed by atoms with E-state index < -0.39 is 22.1 Å². The van der Waals surface area contributed by atoms with E-state index in [0.29, 0.717) is 0 Å². The Hall–Kier alpha value is -0.700. The van der Waals surface area contributed by atoms with E-state index in [1.54, 1.807) is 0 Å². The molecule has 0 aliphatic carbocycles. The first-order valence-electron chi connectivity index (χ1n) is 4.26. The zero-order chi connectivity index (χ0) is 11.9. The molecule has 0 amide bonds. The zero-order valence-electron chi connectivity index (χ0n) is 8.34. The summed E-state index contributed by atoms with van der Waals surface area (Å²) in [7, 11) is -2.07. The van der Waals surface area contributed by atoms with Crippen molar-refractivity contribution < 1.29 is 28.2 Å². The molecule has 0 spiro atoms. The summed E-state index contributed by atoms with van der Waals surface area (Å²) in [5.41, 5.74) is 0. The molecule has 1 atom stereocenters. The number of carboxylic acid groups (broad SMARTS) is 1. The Morgan fingerprint density at radius 2 is 2.13 bits per heavy atom. The van der Waals surface area contributed by atoms with E-state index in [-0.39, 0.29) is 25.3 Å². The van der Waals surface area contributed by atoms with Crippen molar-refractivity contribution in [3.8, 4) is 0 Å². The molecule has 0 aliphatic rings. The van der Waals surface area contributed by atoms with Gasteiger partial charge in [0.1, 0.15) is 0 Å². The van der Waals surface area contributed by atoms with E-state index in [0.717, 1.165) is 0 Å². The van der Waals surface area contributed by atoms with Gasteiger partial charge in [0.05, 0.1) is 12.4 Å². The lowest BCUT2D eigenvalue weighted by Gasteiger charge is -2.07. The summed E-state index contributed by atoms with van der Waals surface area (Å²) in [5, 5.41) is 17.1. The van der Waals surface area contributed by atoms with Crippen LogP contribution in [0.5, 0.6) is 0 Å². The summed E-state index contributed by atoms with van der Waals surface area (Å²) < 4.78 is 29.0. The molecule has 0 radical (unpaired) electrons. The van der Waals surface area contributed by atoms with Crippen LogP contribution in [0.4, 0.5) is 0 Å². The van der Waals surface area contributed by atoms with Gasteiger partial charge in [0, 0.05) is 13.7 Å². The smallest absolute Gasteiger partial charge is 0.332 e. The lowest BCUT2D eigenvalue weighted by atomic mass is 10.3. The second-order valence-corrected chi connectivity index (χ2v) is 4.78. The van der Waals surface area contributed by atoms with Crippen LogP contribution in [-0.4, -0.2) is 56.7 Å². The topological polar surface area (TPSA) is 113 Å². The standard InChI is InChI=1S/C7H15NO6S/c1-14-4-5-15(12,13)8-3-2-6(9)7(10)11/h6,8-9H,2-5H2,1H3,(H,10,11)/t6-/m0/s1. The van der Waals surface area contributed by atoms with Gasteiger partial charge in [0.2, 0.25) is 10.0 Å². The number of carboxylic acids is 1. The molecule has 0 heterocycles. The van der Waals surface area contributed by atoms with Gasteiger partial charge in [-0.1, -0.05) is 0 Å². The third-order valence-corrected chi connectivity index (χ3v) is 2.93. The van der Waals surface area contributed by atoms with E-state index in [2.05, 4.69) is 9.46 Å². The first kappa shape index (κ1) is 14.3. The van der Waals surface area contributed by atoms with Gasteiger partial charge in [-0.2, -0.15) is 0 Å². The Balaban J connectivity index is 3.80. The van der Waals surface area contributed by atoms with Crippen molar-refractivity contribution in [2.24, 2.45) is 0 Å². The summed E-state index contributed by atoms with van der Waals surface area (Å²) in [6.07, 6.45) is -1.71. The number of sulfonamides is 1. The van der Waals surface area contributed by atoms with Crippen LogP contribution in [0.15, 0.2) is 0 Å². The van der Waals surface area contributed by atoms with Gasteiger partial charge in [0.25, 0.3) is 0 Å². The maximum atomic E-state index is 11.1. The molecule has 8 heteroatoms.